The number of piperidine rings is 1. The molecule has 1 atom stereocenters. The van der Waals surface area contributed by atoms with Crippen molar-refractivity contribution in [1.82, 2.24) is 9.80 Å². The van der Waals surface area contributed by atoms with Gasteiger partial charge in [0.05, 0.1) is 30.8 Å². The predicted molar refractivity (Wildman–Crippen MR) is 123 cm³/mol. The number of benzene rings is 1. The highest BCUT2D eigenvalue weighted by molar-refractivity contribution is 8.16. The second kappa shape index (κ2) is 9.48. The third-order valence-corrected chi connectivity index (χ3v) is 7.15. The fourth-order valence-corrected chi connectivity index (χ4v) is 5.37. The van der Waals surface area contributed by atoms with E-state index in [0.717, 1.165) is 31.6 Å². The van der Waals surface area contributed by atoms with Gasteiger partial charge in [-0.2, -0.15) is 0 Å². The number of amides is 1. The van der Waals surface area contributed by atoms with Crippen molar-refractivity contribution in [2.75, 3.05) is 20.2 Å². The predicted octanol–water partition coefficient (Wildman–Crippen LogP) is 4.61. The van der Waals surface area contributed by atoms with Gasteiger partial charge in [-0.25, -0.2) is 14.2 Å². The second-order valence-corrected chi connectivity index (χ2v) is 9.23. The highest BCUT2D eigenvalue weighted by Gasteiger charge is 2.42. The van der Waals surface area contributed by atoms with Crippen LogP contribution in [0.3, 0.4) is 0 Å². The highest BCUT2D eigenvalue weighted by atomic mass is 32.2. The zero-order chi connectivity index (χ0) is 22.8. The summed E-state index contributed by atoms with van der Waals surface area (Å²) >= 11 is 1.43. The molecule has 1 aromatic carbocycles. The van der Waals surface area contributed by atoms with Crippen molar-refractivity contribution in [3.8, 4) is 0 Å². The fraction of sp³-hybridized carbons (Fsp3) is 0.458. The average Bonchev–Trinajstić information content (AvgIpc) is 3.19. The molecule has 0 saturated carbocycles. The lowest BCUT2D eigenvalue weighted by Crippen LogP contribution is -2.41. The van der Waals surface area contributed by atoms with Gasteiger partial charge in [0.25, 0.3) is 0 Å². The molecule has 0 radical (unpaired) electrons. The number of aliphatic imine (C=N–C) groups is 1. The largest absolute Gasteiger partial charge is 0.466 e. The van der Waals surface area contributed by atoms with Gasteiger partial charge in [-0.3, -0.25) is 4.79 Å². The highest BCUT2D eigenvalue weighted by Crippen LogP contribution is 2.45. The third-order valence-electron chi connectivity index (χ3n) is 6.26. The van der Waals surface area contributed by atoms with Crippen LogP contribution in [-0.4, -0.2) is 47.0 Å². The molecule has 8 heteroatoms. The van der Waals surface area contributed by atoms with Crippen molar-refractivity contribution >= 4 is 28.8 Å². The number of rotatable bonds is 5. The molecule has 170 valence electrons. The van der Waals surface area contributed by atoms with Crippen LogP contribution >= 0.6 is 11.8 Å². The van der Waals surface area contributed by atoms with Gasteiger partial charge in [-0.15, -0.1) is 0 Å². The van der Waals surface area contributed by atoms with E-state index in [-0.39, 0.29) is 18.1 Å². The molecule has 1 fully saturated rings. The Balaban J connectivity index is 1.69. The number of ether oxygens (including phenoxy) is 1. The zero-order valence-corrected chi connectivity index (χ0v) is 19.5. The van der Waals surface area contributed by atoms with Crippen molar-refractivity contribution < 1.29 is 18.7 Å². The lowest BCUT2D eigenvalue weighted by Gasteiger charge is -2.37. The molecule has 4 rings (SSSR count). The topological polar surface area (TPSA) is 62.2 Å². The lowest BCUT2D eigenvalue weighted by molar-refractivity contribution is -0.136. The maximum atomic E-state index is 14.2. The Kier molecular flexibility index (Phi) is 6.69. The Labute approximate surface area is 192 Å². The first kappa shape index (κ1) is 22.6. The van der Waals surface area contributed by atoms with Crippen LogP contribution in [-0.2, 0) is 14.3 Å². The minimum atomic E-state index is -0.601. The lowest BCUT2D eigenvalue weighted by atomic mass is 9.92. The number of esters is 1. The standard InChI is InChI=1S/C24H28FN3O3S/c1-4-19-21(23(30)31-3)22(16-6-5-7-17(25)12-16)28-18(14-32-24(28)26-19)13-20(29)27-10-8-15(2)9-11-27/h5-7,12,14-15,22H,4,8-11,13H2,1-3H3/t22-/m1/s1. The van der Waals surface area contributed by atoms with E-state index >= 15 is 0 Å². The number of carbonyl (C=O) groups is 2. The van der Waals surface area contributed by atoms with Crippen LogP contribution in [0.15, 0.2) is 51.6 Å². The zero-order valence-electron chi connectivity index (χ0n) is 18.6. The molecule has 3 aliphatic heterocycles. The summed E-state index contributed by atoms with van der Waals surface area (Å²) < 4.78 is 19.3. The number of amidine groups is 1. The van der Waals surface area contributed by atoms with E-state index in [4.69, 9.17) is 9.73 Å². The molecule has 0 unspecified atom stereocenters. The number of allylic oxidation sites excluding steroid dienone is 1. The molecule has 1 aromatic rings. The van der Waals surface area contributed by atoms with Crippen molar-refractivity contribution in [2.45, 2.75) is 45.6 Å². The maximum Gasteiger partial charge on any atom is 0.338 e. The average molecular weight is 458 g/mol. The monoisotopic (exact) mass is 457 g/mol. The first-order valence-corrected chi connectivity index (χ1v) is 11.9. The number of hydrogen-bond donors (Lipinski definition) is 0. The molecule has 3 aliphatic rings. The van der Waals surface area contributed by atoms with Crippen LogP contribution < -0.4 is 0 Å². The van der Waals surface area contributed by atoms with E-state index in [0.29, 0.717) is 34.3 Å². The maximum absolute atomic E-state index is 14.2. The number of carbonyl (C=O) groups excluding carboxylic acids is 2. The minimum Gasteiger partial charge on any atom is -0.466 e. The molecule has 1 amide bonds. The van der Waals surface area contributed by atoms with Gasteiger partial charge in [-0.05, 0) is 48.3 Å². The quantitative estimate of drug-likeness (QED) is 0.604. The Bertz CT molecular complexity index is 1010. The van der Waals surface area contributed by atoms with Crippen LogP contribution in [0.1, 0.15) is 51.1 Å². The number of thioether (sulfide) groups is 1. The van der Waals surface area contributed by atoms with E-state index in [9.17, 15) is 14.0 Å². The molecule has 32 heavy (non-hydrogen) atoms. The van der Waals surface area contributed by atoms with Gasteiger partial charge in [0.2, 0.25) is 5.91 Å². The first-order valence-electron chi connectivity index (χ1n) is 11.0. The number of halogens is 1. The Morgan fingerprint density at radius 1 is 1.28 bits per heavy atom. The van der Waals surface area contributed by atoms with Gasteiger partial charge in [0.15, 0.2) is 5.17 Å². The van der Waals surface area contributed by atoms with Crippen LogP contribution in [0.2, 0.25) is 0 Å². The smallest absolute Gasteiger partial charge is 0.338 e. The van der Waals surface area contributed by atoms with E-state index in [2.05, 4.69) is 6.92 Å². The van der Waals surface area contributed by atoms with E-state index in [1.54, 1.807) is 12.1 Å². The van der Waals surface area contributed by atoms with Gasteiger partial charge in [-0.1, -0.05) is 37.7 Å². The van der Waals surface area contributed by atoms with E-state index < -0.39 is 12.0 Å². The molecule has 3 heterocycles. The summed E-state index contributed by atoms with van der Waals surface area (Å²) in [4.78, 5) is 34.4. The molecular weight excluding hydrogens is 429 g/mol. The second-order valence-electron chi connectivity index (χ2n) is 8.39. The summed E-state index contributed by atoms with van der Waals surface area (Å²) in [6, 6.07) is 5.62. The van der Waals surface area contributed by atoms with Gasteiger partial charge >= 0.3 is 5.97 Å². The van der Waals surface area contributed by atoms with Crippen molar-refractivity contribution in [1.29, 1.82) is 0 Å². The molecule has 0 spiro atoms. The summed E-state index contributed by atoms with van der Waals surface area (Å²) in [5, 5.41) is 2.61. The summed E-state index contributed by atoms with van der Waals surface area (Å²) in [6.45, 7) is 5.67. The number of hydrogen-bond acceptors (Lipinski definition) is 6. The summed E-state index contributed by atoms with van der Waals surface area (Å²) in [7, 11) is 1.33. The summed E-state index contributed by atoms with van der Waals surface area (Å²) in [6.07, 6.45) is 2.77. The third kappa shape index (κ3) is 4.33. The van der Waals surface area contributed by atoms with Crippen molar-refractivity contribution in [3.63, 3.8) is 0 Å². The summed E-state index contributed by atoms with van der Waals surface area (Å²) in [5.74, 6) is -0.178. The summed E-state index contributed by atoms with van der Waals surface area (Å²) in [5.41, 5.74) is 2.40. The Morgan fingerprint density at radius 2 is 2.03 bits per heavy atom. The molecular formula is C24H28FN3O3S. The van der Waals surface area contributed by atoms with Crippen LogP contribution in [0, 0.1) is 11.7 Å². The number of nitrogens with zero attached hydrogens (tertiary/aromatic N) is 3. The first-order chi connectivity index (χ1) is 15.4. The van der Waals surface area contributed by atoms with E-state index in [1.165, 1.54) is 31.0 Å². The molecule has 6 nitrogen and oxygen atoms in total. The van der Waals surface area contributed by atoms with Gasteiger partial charge in [0.1, 0.15) is 5.82 Å². The van der Waals surface area contributed by atoms with Crippen LogP contribution in [0.4, 0.5) is 4.39 Å². The molecule has 0 N–H and O–H groups in total. The number of fused-ring (bicyclic) bond motifs is 1. The van der Waals surface area contributed by atoms with Crippen molar-refractivity contribution in [3.05, 3.63) is 58.0 Å². The Hall–Kier alpha value is -2.61. The SMILES string of the molecule is CCC1=C(C(=O)OC)[C@@H](c2cccc(F)c2)N2C(CC(=O)N3CCC(C)CC3)=CSC2=N1. The van der Waals surface area contributed by atoms with Crippen molar-refractivity contribution in [2.24, 2.45) is 10.9 Å². The van der Waals surface area contributed by atoms with E-state index in [1.807, 2.05) is 22.1 Å². The molecule has 0 aromatic heterocycles. The fourth-order valence-electron chi connectivity index (χ4n) is 4.43. The molecule has 0 bridgehead atoms. The van der Waals surface area contributed by atoms with Crippen LogP contribution in [0.5, 0.6) is 0 Å². The minimum absolute atomic E-state index is 0.0629. The van der Waals surface area contributed by atoms with Crippen LogP contribution in [0.25, 0.3) is 0 Å². The van der Waals surface area contributed by atoms with Gasteiger partial charge in [0, 0.05) is 18.8 Å². The number of methoxy groups -OCH3 is 1. The number of likely N-dealkylation sites (tertiary alicyclic amines) is 1. The normalized spacial score (nSPS) is 21.3. The Morgan fingerprint density at radius 3 is 2.69 bits per heavy atom. The molecule has 0 aliphatic carbocycles. The van der Waals surface area contributed by atoms with Gasteiger partial charge < -0.3 is 14.5 Å². The molecule has 1 saturated heterocycles.